The molecule has 206 valence electrons. The number of hydrogen-bond acceptors (Lipinski definition) is 12. The molecule has 1 aliphatic rings. The van der Waals surface area contributed by atoms with Crippen LogP contribution >= 0.6 is 31.1 Å². The molecule has 1 aliphatic carbocycles. The van der Waals surface area contributed by atoms with Crippen LogP contribution in [0.15, 0.2) is 0 Å². The molecule has 0 saturated heterocycles. The van der Waals surface area contributed by atoms with Gasteiger partial charge in [-0.2, -0.15) is 4.67 Å². The molecule has 0 bridgehead atoms. The molecule has 0 aromatic carbocycles. The lowest BCUT2D eigenvalue weighted by Gasteiger charge is -2.47. The number of phosphoric ester groups is 3. The van der Waals surface area contributed by atoms with Gasteiger partial charge in [-0.05, 0) is 0 Å². The van der Waals surface area contributed by atoms with Crippen molar-refractivity contribution < 1.29 is 90.2 Å². The zero-order chi connectivity index (χ0) is 27.1. The first-order chi connectivity index (χ1) is 15.3. The molecule has 19 nitrogen and oxygen atoms in total. The molecule has 1 saturated carbocycles. The molecular weight excluding hydrogens is 560 g/mol. The van der Waals surface area contributed by atoms with Crippen LogP contribution < -0.4 is 0 Å². The Morgan fingerprint density at radius 1 is 0.559 bits per heavy atom. The summed E-state index contributed by atoms with van der Waals surface area (Å²) in [6.45, 7) is 1.44. The Kier molecular flexibility index (Phi) is 13.9. The summed E-state index contributed by atoms with van der Waals surface area (Å²) in [4.78, 5) is 62.9. The zero-order valence-corrected chi connectivity index (χ0v) is 21.6. The minimum atomic E-state index is -5.36. The third-order valence-corrected chi connectivity index (χ3v) is 6.67. The fraction of sp³-hybridized carbons (Fsp3) is 1.00. The van der Waals surface area contributed by atoms with Crippen LogP contribution in [0.5, 0.6) is 0 Å². The van der Waals surface area contributed by atoms with Crippen molar-refractivity contribution in [3.8, 4) is 0 Å². The third kappa shape index (κ3) is 12.0. The number of ether oxygens (including phenoxy) is 3. The second-order valence-corrected chi connectivity index (χ2v) is 12.0. The average molecular weight is 588 g/mol. The zero-order valence-electron chi connectivity index (χ0n) is 18.0. The van der Waals surface area contributed by atoms with Gasteiger partial charge in [0.15, 0.2) is 0 Å². The summed E-state index contributed by atoms with van der Waals surface area (Å²) >= 11 is 0. The van der Waals surface area contributed by atoms with E-state index in [9.17, 15) is 18.3 Å². The molecule has 7 atom stereocenters. The molecule has 0 amide bonds. The molecule has 0 radical (unpaired) electrons. The van der Waals surface area contributed by atoms with Crippen molar-refractivity contribution in [2.45, 2.75) is 43.5 Å². The Morgan fingerprint density at radius 3 is 0.941 bits per heavy atom. The van der Waals surface area contributed by atoms with E-state index in [1.165, 1.54) is 6.92 Å². The van der Waals surface area contributed by atoms with E-state index in [2.05, 4.69) is 18.2 Å². The average Bonchev–Trinajstić information content (AvgIpc) is 2.67. The quantitative estimate of drug-likeness (QED) is 0.0829. The van der Waals surface area contributed by atoms with Crippen LogP contribution in [0.4, 0.5) is 0 Å². The molecule has 34 heavy (non-hydrogen) atoms. The highest BCUT2D eigenvalue weighted by Gasteiger charge is 2.58. The second-order valence-electron chi connectivity index (χ2n) is 6.32. The summed E-state index contributed by atoms with van der Waals surface area (Å²) in [6.07, 6.45) is -10.3. The van der Waals surface area contributed by atoms with E-state index in [1.807, 2.05) is 0 Å². The topological polar surface area (TPSA) is 295 Å². The lowest BCUT2D eigenvalue weighted by Crippen LogP contribution is -2.66. The summed E-state index contributed by atoms with van der Waals surface area (Å²) in [5.74, 6) is 0. The van der Waals surface area contributed by atoms with Gasteiger partial charge >= 0.3 is 31.1 Å². The molecule has 23 heteroatoms. The number of phosphoric acid groups is 3. The minimum absolute atomic E-state index is 0.0660. The monoisotopic (exact) mass is 588 g/mol. The van der Waals surface area contributed by atoms with Crippen LogP contribution in [0.25, 0.3) is 0 Å². The summed E-state index contributed by atoms with van der Waals surface area (Å²) in [5.41, 5.74) is 0. The van der Waals surface area contributed by atoms with Crippen LogP contribution in [-0.2, 0) is 50.7 Å². The first-order valence-corrected chi connectivity index (χ1v) is 15.1. The minimum Gasteiger partial charge on any atom is -0.376 e. The Balaban J connectivity index is 0.00000135. The Labute approximate surface area is 193 Å². The summed E-state index contributed by atoms with van der Waals surface area (Å²) in [5, 5.41) is 7.58. The van der Waals surface area contributed by atoms with Gasteiger partial charge in [0.25, 0.3) is 0 Å². The molecule has 0 aliphatic heterocycles. The fourth-order valence-corrected chi connectivity index (χ4v) is 4.61. The van der Waals surface area contributed by atoms with Gasteiger partial charge in [-0.25, -0.2) is 19.0 Å². The normalized spacial score (nSPS) is 30.2. The van der Waals surface area contributed by atoms with Crippen LogP contribution in [0.2, 0.25) is 0 Å². The van der Waals surface area contributed by atoms with Gasteiger partial charge in [0.2, 0.25) is 0 Å². The molecule has 8 N–H and O–H groups in total. The van der Waals surface area contributed by atoms with Gasteiger partial charge < -0.3 is 48.5 Å². The van der Waals surface area contributed by atoms with E-state index >= 15 is 0 Å². The van der Waals surface area contributed by atoms with Crippen LogP contribution in [-0.4, -0.2) is 104 Å². The third-order valence-electron chi connectivity index (χ3n) is 4.06. The van der Waals surface area contributed by atoms with Gasteiger partial charge in [-0.15, -0.1) is 0 Å². The van der Waals surface area contributed by atoms with Crippen LogP contribution in [0.3, 0.4) is 0 Å². The molecule has 0 spiro atoms. The van der Waals surface area contributed by atoms with Crippen molar-refractivity contribution in [2.24, 2.45) is 0 Å². The largest absolute Gasteiger partial charge is 0.470 e. The van der Waals surface area contributed by atoms with Crippen molar-refractivity contribution in [3.05, 3.63) is 0 Å². The van der Waals surface area contributed by atoms with E-state index in [1.54, 1.807) is 0 Å². The van der Waals surface area contributed by atoms with E-state index in [0.29, 0.717) is 0 Å². The number of rotatable bonds is 11. The number of methoxy groups -OCH3 is 3. The Morgan fingerprint density at radius 2 is 0.794 bits per heavy atom. The van der Waals surface area contributed by atoms with Crippen molar-refractivity contribution >= 4 is 31.1 Å². The van der Waals surface area contributed by atoms with E-state index in [0.717, 1.165) is 21.3 Å². The maximum Gasteiger partial charge on any atom is 0.470 e. The van der Waals surface area contributed by atoms with Gasteiger partial charge in [0.05, 0.1) is 0 Å². The number of hydrogen-bond donors (Lipinski definition) is 8. The molecule has 1 fully saturated rings. The molecule has 1 rings (SSSR count). The van der Waals surface area contributed by atoms with E-state index in [-0.39, 0.29) is 6.16 Å². The first kappa shape index (κ1) is 34.3. The van der Waals surface area contributed by atoms with Crippen molar-refractivity contribution in [2.75, 3.05) is 27.5 Å². The summed E-state index contributed by atoms with van der Waals surface area (Å²) < 4.78 is 75.9. The molecule has 3 unspecified atom stereocenters. The lowest BCUT2D eigenvalue weighted by molar-refractivity contribution is -0.232. The lowest BCUT2D eigenvalue weighted by atomic mass is 9.84. The highest BCUT2D eigenvalue weighted by molar-refractivity contribution is 7.52. The maximum atomic E-state index is 11.3. The SMILES string of the molecule is CCP(=O)(O)OO.COC1[C@@H](OC)[C@H](OP(=O)(O)O)C(OP(=O)(O)O)[C@@H](OP(=O)(O)O)[C@H]1OC. The van der Waals surface area contributed by atoms with Gasteiger partial charge in [0, 0.05) is 27.5 Å². The van der Waals surface area contributed by atoms with E-state index in [4.69, 9.17) is 53.7 Å². The smallest absolute Gasteiger partial charge is 0.376 e. The van der Waals surface area contributed by atoms with Gasteiger partial charge in [-0.3, -0.25) is 18.1 Å². The molecule has 0 aromatic heterocycles. The van der Waals surface area contributed by atoms with E-state index < -0.39 is 67.7 Å². The second kappa shape index (κ2) is 13.7. The first-order valence-electron chi connectivity index (χ1n) is 8.71. The maximum absolute atomic E-state index is 11.3. The standard InChI is InChI=1S/C9H21O15P3.C2H7O4P/c1-19-4-5(20-2)7(22-25(10,11)12)9(24-27(16,17)18)8(6(4)21-3)23-26(13,14)15;1-2-7(4,5)6-3/h4-9H,1-3H3,(H2,10,11,12)(H2,13,14,15)(H2,16,17,18);3H,2H2,1H3,(H,4,5)/t4?,5-,6+,7-,8-,9?;/m0./s1. The van der Waals surface area contributed by atoms with Crippen LogP contribution in [0, 0.1) is 0 Å². The van der Waals surface area contributed by atoms with Crippen molar-refractivity contribution in [1.29, 1.82) is 0 Å². The fourth-order valence-electron chi connectivity index (χ4n) is 2.82. The predicted octanol–water partition coefficient (Wildman–Crippen LogP) is -0.840. The Hall–Kier alpha value is 0.320. The summed E-state index contributed by atoms with van der Waals surface area (Å²) in [6, 6.07) is 0. The summed E-state index contributed by atoms with van der Waals surface area (Å²) in [7, 11) is -16.3. The van der Waals surface area contributed by atoms with Crippen LogP contribution in [0.1, 0.15) is 6.92 Å². The Bertz CT molecular complexity index is 754. The van der Waals surface area contributed by atoms with Gasteiger partial charge in [0.1, 0.15) is 36.6 Å². The highest BCUT2D eigenvalue weighted by Crippen LogP contribution is 2.51. The van der Waals surface area contributed by atoms with Crippen molar-refractivity contribution in [1.82, 2.24) is 0 Å². The highest BCUT2D eigenvalue weighted by atomic mass is 31.2. The molecule has 0 heterocycles. The van der Waals surface area contributed by atoms with Crippen molar-refractivity contribution in [3.63, 3.8) is 0 Å². The van der Waals surface area contributed by atoms with Gasteiger partial charge in [-0.1, -0.05) is 6.92 Å². The molecular formula is C11H28O19P4. The predicted molar refractivity (Wildman–Crippen MR) is 107 cm³/mol. The molecule has 0 aromatic rings.